The second-order valence-corrected chi connectivity index (χ2v) is 3.11. The third-order valence-electron chi connectivity index (χ3n) is 1.68. The molecule has 0 atom stereocenters. The van der Waals surface area contributed by atoms with Crippen molar-refractivity contribution in [2.75, 3.05) is 20.6 Å². The highest BCUT2D eigenvalue weighted by molar-refractivity contribution is 4.97. The molecule has 0 radical (unpaired) electrons. The third-order valence-corrected chi connectivity index (χ3v) is 1.68. The summed E-state index contributed by atoms with van der Waals surface area (Å²) in [7, 11) is 4.17. The van der Waals surface area contributed by atoms with Crippen LogP contribution >= 0.6 is 0 Å². The van der Waals surface area contributed by atoms with Gasteiger partial charge in [0.25, 0.3) is 0 Å². The average molecular weight is 165 g/mol. The molecule has 0 saturated carbocycles. The first kappa shape index (κ1) is 9.13. The van der Waals surface area contributed by atoms with E-state index in [9.17, 15) is 0 Å². The Kier molecular flexibility index (Phi) is 3.67. The first-order valence-corrected chi connectivity index (χ1v) is 4.18. The quantitative estimate of drug-likeness (QED) is 0.665. The molecule has 3 heteroatoms. The summed E-state index contributed by atoms with van der Waals surface area (Å²) in [6.07, 6.45) is 5.59. The molecule has 0 N–H and O–H groups in total. The van der Waals surface area contributed by atoms with Gasteiger partial charge in [0.1, 0.15) is 6.33 Å². The SMILES string of the molecule is CN(C)CCCc1ccncn1. The Hall–Kier alpha value is -0.960. The van der Waals surface area contributed by atoms with Gasteiger partial charge in [0.2, 0.25) is 0 Å². The Labute approximate surface area is 73.5 Å². The molecule has 1 heterocycles. The van der Waals surface area contributed by atoms with Crippen molar-refractivity contribution in [2.24, 2.45) is 0 Å². The van der Waals surface area contributed by atoms with E-state index in [-0.39, 0.29) is 0 Å². The molecule has 0 aromatic carbocycles. The summed E-state index contributed by atoms with van der Waals surface area (Å²) in [6, 6.07) is 1.97. The fourth-order valence-electron chi connectivity index (χ4n) is 1.04. The number of hydrogen-bond donors (Lipinski definition) is 0. The van der Waals surface area contributed by atoms with Crippen molar-refractivity contribution in [2.45, 2.75) is 12.8 Å². The smallest absolute Gasteiger partial charge is 0.115 e. The molecule has 1 rings (SSSR count). The number of nitrogens with zero attached hydrogens (tertiary/aromatic N) is 3. The molecular weight excluding hydrogens is 150 g/mol. The summed E-state index contributed by atoms with van der Waals surface area (Å²) in [6.45, 7) is 1.12. The molecule has 0 aliphatic rings. The van der Waals surface area contributed by atoms with E-state index >= 15 is 0 Å². The number of rotatable bonds is 4. The second-order valence-electron chi connectivity index (χ2n) is 3.11. The Morgan fingerprint density at radius 1 is 1.42 bits per heavy atom. The van der Waals surface area contributed by atoms with Crippen LogP contribution in [0.25, 0.3) is 0 Å². The molecule has 0 saturated heterocycles. The molecule has 1 aromatic rings. The molecule has 3 nitrogen and oxygen atoms in total. The molecule has 0 bridgehead atoms. The molecule has 0 aliphatic carbocycles. The van der Waals surface area contributed by atoms with E-state index in [1.165, 1.54) is 0 Å². The van der Waals surface area contributed by atoms with Gasteiger partial charge in [-0.2, -0.15) is 0 Å². The van der Waals surface area contributed by atoms with Gasteiger partial charge < -0.3 is 4.90 Å². The Bertz CT molecular complexity index is 208. The summed E-state index contributed by atoms with van der Waals surface area (Å²) in [5.74, 6) is 0. The van der Waals surface area contributed by atoms with E-state index in [4.69, 9.17) is 0 Å². The van der Waals surface area contributed by atoms with Gasteiger partial charge in [-0.05, 0) is 39.5 Å². The van der Waals surface area contributed by atoms with Gasteiger partial charge in [-0.3, -0.25) is 0 Å². The molecule has 0 spiro atoms. The van der Waals surface area contributed by atoms with Crippen LogP contribution in [0.1, 0.15) is 12.1 Å². The standard InChI is InChI=1S/C9H15N3/c1-12(2)7-3-4-9-5-6-10-8-11-9/h5-6,8H,3-4,7H2,1-2H3. The maximum absolute atomic E-state index is 4.15. The maximum Gasteiger partial charge on any atom is 0.115 e. The lowest BCUT2D eigenvalue weighted by atomic mass is 10.2. The van der Waals surface area contributed by atoms with Gasteiger partial charge in [0, 0.05) is 11.9 Å². The Balaban J connectivity index is 2.25. The predicted octanol–water partition coefficient (Wildman–Crippen LogP) is 0.971. The van der Waals surface area contributed by atoms with Gasteiger partial charge in [0.15, 0.2) is 0 Å². The fourth-order valence-corrected chi connectivity index (χ4v) is 1.04. The molecule has 66 valence electrons. The zero-order chi connectivity index (χ0) is 8.81. The van der Waals surface area contributed by atoms with Crippen LogP contribution in [-0.2, 0) is 6.42 Å². The lowest BCUT2D eigenvalue weighted by Crippen LogP contribution is -2.13. The third kappa shape index (κ3) is 3.44. The van der Waals surface area contributed by atoms with Crippen LogP contribution in [0, 0.1) is 0 Å². The monoisotopic (exact) mass is 165 g/mol. The van der Waals surface area contributed by atoms with Crippen molar-refractivity contribution in [3.05, 3.63) is 24.3 Å². The molecule has 0 aliphatic heterocycles. The van der Waals surface area contributed by atoms with Crippen LogP contribution < -0.4 is 0 Å². The summed E-state index contributed by atoms with van der Waals surface area (Å²) in [5.41, 5.74) is 1.13. The van der Waals surface area contributed by atoms with Gasteiger partial charge in [-0.15, -0.1) is 0 Å². The Morgan fingerprint density at radius 2 is 2.25 bits per heavy atom. The average Bonchev–Trinajstić information content (AvgIpc) is 2.05. The fraction of sp³-hybridized carbons (Fsp3) is 0.556. The van der Waals surface area contributed by atoms with Crippen LogP contribution in [0.2, 0.25) is 0 Å². The van der Waals surface area contributed by atoms with Gasteiger partial charge in [-0.25, -0.2) is 9.97 Å². The maximum atomic E-state index is 4.15. The first-order valence-electron chi connectivity index (χ1n) is 4.18. The topological polar surface area (TPSA) is 29.0 Å². The molecule has 1 aromatic heterocycles. The minimum atomic E-state index is 1.04. The van der Waals surface area contributed by atoms with Gasteiger partial charge >= 0.3 is 0 Å². The first-order chi connectivity index (χ1) is 5.79. The van der Waals surface area contributed by atoms with Crippen molar-refractivity contribution < 1.29 is 0 Å². The minimum Gasteiger partial charge on any atom is -0.309 e. The van der Waals surface area contributed by atoms with Crippen LogP contribution in [-0.4, -0.2) is 35.5 Å². The van der Waals surface area contributed by atoms with Gasteiger partial charge in [0.05, 0.1) is 0 Å². The van der Waals surface area contributed by atoms with Crippen molar-refractivity contribution in [3.8, 4) is 0 Å². The molecular formula is C9H15N3. The molecule has 0 fully saturated rings. The predicted molar refractivity (Wildman–Crippen MR) is 48.9 cm³/mol. The highest BCUT2D eigenvalue weighted by Gasteiger charge is 1.94. The lowest BCUT2D eigenvalue weighted by molar-refractivity contribution is 0.399. The Morgan fingerprint density at radius 3 is 2.83 bits per heavy atom. The highest BCUT2D eigenvalue weighted by atomic mass is 15.0. The van der Waals surface area contributed by atoms with E-state index in [0.717, 1.165) is 25.1 Å². The number of hydrogen-bond acceptors (Lipinski definition) is 3. The molecule has 0 amide bonds. The zero-order valence-corrected chi connectivity index (χ0v) is 7.70. The van der Waals surface area contributed by atoms with E-state index in [0.29, 0.717) is 0 Å². The summed E-state index contributed by atoms with van der Waals surface area (Å²) in [4.78, 5) is 10.2. The highest BCUT2D eigenvalue weighted by Crippen LogP contribution is 1.96. The number of aryl methyl sites for hydroxylation is 1. The molecule has 0 unspecified atom stereocenters. The van der Waals surface area contributed by atoms with Gasteiger partial charge in [-0.1, -0.05) is 0 Å². The van der Waals surface area contributed by atoms with E-state index in [1.54, 1.807) is 12.5 Å². The van der Waals surface area contributed by atoms with Crippen LogP contribution in [0.5, 0.6) is 0 Å². The van der Waals surface area contributed by atoms with Crippen molar-refractivity contribution in [1.29, 1.82) is 0 Å². The van der Waals surface area contributed by atoms with Crippen LogP contribution in [0.15, 0.2) is 18.6 Å². The summed E-state index contributed by atoms with van der Waals surface area (Å²) in [5, 5.41) is 0. The van der Waals surface area contributed by atoms with E-state index < -0.39 is 0 Å². The van der Waals surface area contributed by atoms with Crippen molar-refractivity contribution >= 4 is 0 Å². The van der Waals surface area contributed by atoms with Crippen LogP contribution in [0.4, 0.5) is 0 Å². The number of aromatic nitrogens is 2. The van der Waals surface area contributed by atoms with Crippen LogP contribution in [0.3, 0.4) is 0 Å². The van der Waals surface area contributed by atoms with Crippen molar-refractivity contribution in [3.63, 3.8) is 0 Å². The molecule has 12 heavy (non-hydrogen) atoms. The second kappa shape index (κ2) is 4.83. The summed E-state index contributed by atoms with van der Waals surface area (Å²) >= 11 is 0. The van der Waals surface area contributed by atoms with E-state index in [1.807, 2.05) is 6.07 Å². The van der Waals surface area contributed by atoms with E-state index in [2.05, 4.69) is 29.0 Å². The minimum absolute atomic E-state index is 1.04. The van der Waals surface area contributed by atoms with Crippen molar-refractivity contribution in [1.82, 2.24) is 14.9 Å². The summed E-state index contributed by atoms with van der Waals surface area (Å²) < 4.78 is 0. The zero-order valence-electron chi connectivity index (χ0n) is 7.70. The normalized spacial score (nSPS) is 10.6. The largest absolute Gasteiger partial charge is 0.309 e. The lowest BCUT2D eigenvalue weighted by Gasteiger charge is -2.07.